The third-order valence-electron chi connectivity index (χ3n) is 3.48. The number of nitriles is 1. The number of hydrogen-bond acceptors (Lipinski definition) is 2. The van der Waals surface area contributed by atoms with E-state index >= 15 is 0 Å². The Balaban J connectivity index is 2.33. The summed E-state index contributed by atoms with van der Waals surface area (Å²) in [6, 6.07) is 13.1. The van der Waals surface area contributed by atoms with Crippen molar-refractivity contribution in [2.45, 2.75) is 26.3 Å². The summed E-state index contributed by atoms with van der Waals surface area (Å²) in [5.74, 6) is -0.359. The molecule has 0 spiro atoms. The Morgan fingerprint density at radius 3 is 2.52 bits per heavy atom. The number of nitrogens with one attached hydrogen (secondary N) is 1. The molecule has 0 amide bonds. The molecule has 0 saturated carbocycles. The van der Waals surface area contributed by atoms with Crippen LogP contribution in [0, 0.1) is 24.1 Å². The van der Waals surface area contributed by atoms with Gasteiger partial charge < -0.3 is 5.32 Å². The molecule has 0 aliphatic heterocycles. The molecule has 1 N–H and O–H groups in total. The zero-order chi connectivity index (χ0) is 15.4. The van der Waals surface area contributed by atoms with Crippen LogP contribution in [0.3, 0.4) is 0 Å². The highest BCUT2D eigenvalue weighted by Crippen LogP contribution is 2.28. The Morgan fingerprint density at radius 1 is 1.29 bits per heavy atom. The summed E-state index contributed by atoms with van der Waals surface area (Å²) in [6.45, 7) is 3.78. The first-order valence-corrected chi connectivity index (χ1v) is 7.56. The van der Waals surface area contributed by atoms with Crippen molar-refractivity contribution >= 4 is 21.6 Å². The van der Waals surface area contributed by atoms with E-state index in [0.29, 0.717) is 16.8 Å². The lowest BCUT2D eigenvalue weighted by Crippen LogP contribution is -2.11. The van der Waals surface area contributed by atoms with Crippen LogP contribution >= 0.6 is 15.9 Å². The molecule has 0 aliphatic rings. The lowest BCUT2D eigenvalue weighted by atomic mass is 10.0. The number of hydrogen-bond donors (Lipinski definition) is 1. The van der Waals surface area contributed by atoms with Gasteiger partial charge in [0.2, 0.25) is 0 Å². The lowest BCUT2D eigenvalue weighted by molar-refractivity contribution is 0.617. The molecule has 2 aromatic rings. The van der Waals surface area contributed by atoms with Crippen LogP contribution in [0.5, 0.6) is 0 Å². The van der Waals surface area contributed by atoms with Gasteiger partial charge in [0, 0.05) is 15.7 Å². The molecule has 2 rings (SSSR count). The van der Waals surface area contributed by atoms with Gasteiger partial charge in [-0.25, -0.2) is 4.39 Å². The van der Waals surface area contributed by atoms with E-state index in [2.05, 4.69) is 28.2 Å². The zero-order valence-electron chi connectivity index (χ0n) is 12.0. The largest absolute Gasteiger partial charge is 0.378 e. The summed E-state index contributed by atoms with van der Waals surface area (Å²) in [5.41, 5.74) is 2.65. The summed E-state index contributed by atoms with van der Waals surface area (Å²) in [7, 11) is 0. The standard InChI is InChI=1S/C17H16BrFN2/c1-3-16(13-4-6-14(18)7-5-13)21-17-9-12(10-20)8-15(19)11(17)2/h4-9,16,21H,3H2,1-2H3. The van der Waals surface area contributed by atoms with Crippen LogP contribution in [0.25, 0.3) is 0 Å². The molecular formula is C17H16BrFN2. The highest BCUT2D eigenvalue weighted by molar-refractivity contribution is 9.10. The first-order chi connectivity index (χ1) is 10.0. The molecule has 0 saturated heterocycles. The Hall–Kier alpha value is -1.86. The molecule has 2 aromatic carbocycles. The zero-order valence-corrected chi connectivity index (χ0v) is 13.5. The van der Waals surface area contributed by atoms with Gasteiger partial charge >= 0.3 is 0 Å². The van der Waals surface area contributed by atoms with Gasteiger partial charge in [0.05, 0.1) is 17.7 Å². The Kier molecular flexibility index (Phi) is 4.98. The fourth-order valence-corrected chi connectivity index (χ4v) is 2.46. The molecule has 21 heavy (non-hydrogen) atoms. The fraction of sp³-hybridized carbons (Fsp3) is 0.235. The van der Waals surface area contributed by atoms with Gasteiger partial charge in [0.1, 0.15) is 5.82 Å². The Bertz CT molecular complexity index is 674. The fourth-order valence-electron chi connectivity index (χ4n) is 2.20. The highest BCUT2D eigenvalue weighted by atomic mass is 79.9. The van der Waals surface area contributed by atoms with Crippen molar-refractivity contribution in [3.05, 3.63) is 63.4 Å². The van der Waals surface area contributed by atoms with Crippen molar-refractivity contribution in [2.75, 3.05) is 5.32 Å². The number of nitrogens with zero attached hydrogens (tertiary/aromatic N) is 1. The number of anilines is 1. The maximum absolute atomic E-state index is 13.8. The molecule has 0 bridgehead atoms. The average molecular weight is 347 g/mol. The molecule has 0 heterocycles. The van der Waals surface area contributed by atoms with E-state index in [0.717, 1.165) is 16.5 Å². The number of benzene rings is 2. The van der Waals surface area contributed by atoms with Gasteiger partial charge in [-0.15, -0.1) is 0 Å². The predicted molar refractivity (Wildman–Crippen MR) is 86.6 cm³/mol. The maximum atomic E-state index is 13.8. The van der Waals surface area contributed by atoms with Crippen LogP contribution in [0.4, 0.5) is 10.1 Å². The first kappa shape index (κ1) is 15.5. The third kappa shape index (κ3) is 3.62. The van der Waals surface area contributed by atoms with Crippen molar-refractivity contribution < 1.29 is 4.39 Å². The third-order valence-corrected chi connectivity index (χ3v) is 4.01. The summed E-state index contributed by atoms with van der Waals surface area (Å²) >= 11 is 3.42. The van der Waals surface area contributed by atoms with Crippen molar-refractivity contribution in [1.82, 2.24) is 0 Å². The molecule has 1 atom stereocenters. The second kappa shape index (κ2) is 6.73. The van der Waals surface area contributed by atoms with Crippen molar-refractivity contribution in [3.8, 4) is 6.07 Å². The summed E-state index contributed by atoms with van der Waals surface area (Å²) < 4.78 is 14.9. The van der Waals surface area contributed by atoms with Gasteiger partial charge in [-0.1, -0.05) is 35.0 Å². The lowest BCUT2D eigenvalue weighted by Gasteiger charge is -2.21. The molecule has 0 radical (unpaired) electrons. The van der Waals surface area contributed by atoms with Crippen LogP contribution in [-0.2, 0) is 0 Å². The molecule has 0 aliphatic carbocycles. The Labute approximate surface area is 132 Å². The minimum Gasteiger partial charge on any atom is -0.378 e. The quantitative estimate of drug-likeness (QED) is 0.811. The van der Waals surface area contributed by atoms with E-state index in [4.69, 9.17) is 5.26 Å². The molecule has 0 aromatic heterocycles. The van der Waals surface area contributed by atoms with Gasteiger partial charge in [-0.2, -0.15) is 5.26 Å². The molecule has 4 heteroatoms. The predicted octanol–water partition coefficient (Wildman–Crippen LogP) is 5.33. The van der Waals surface area contributed by atoms with Crippen molar-refractivity contribution in [1.29, 1.82) is 5.26 Å². The minimum absolute atomic E-state index is 0.0742. The number of rotatable bonds is 4. The van der Waals surface area contributed by atoms with Gasteiger partial charge in [-0.05, 0) is 43.2 Å². The van der Waals surface area contributed by atoms with Crippen LogP contribution in [-0.4, -0.2) is 0 Å². The molecule has 1 unspecified atom stereocenters. The van der Waals surface area contributed by atoms with Crippen LogP contribution in [0.15, 0.2) is 40.9 Å². The van der Waals surface area contributed by atoms with Gasteiger partial charge in [0.25, 0.3) is 0 Å². The second-order valence-electron chi connectivity index (χ2n) is 4.90. The van der Waals surface area contributed by atoms with Crippen molar-refractivity contribution in [2.24, 2.45) is 0 Å². The normalized spacial score (nSPS) is 11.8. The van der Waals surface area contributed by atoms with Crippen molar-refractivity contribution in [3.63, 3.8) is 0 Å². The molecule has 0 fully saturated rings. The second-order valence-corrected chi connectivity index (χ2v) is 5.81. The van der Waals surface area contributed by atoms with Crippen LogP contribution in [0.1, 0.15) is 36.1 Å². The van der Waals surface area contributed by atoms with Gasteiger partial charge in [-0.3, -0.25) is 0 Å². The van der Waals surface area contributed by atoms with E-state index < -0.39 is 0 Å². The van der Waals surface area contributed by atoms with Gasteiger partial charge in [0.15, 0.2) is 0 Å². The van der Waals surface area contributed by atoms with E-state index in [1.54, 1.807) is 13.0 Å². The summed E-state index contributed by atoms with van der Waals surface area (Å²) in [5, 5.41) is 12.3. The van der Waals surface area contributed by atoms with Crippen LogP contribution in [0.2, 0.25) is 0 Å². The maximum Gasteiger partial charge on any atom is 0.129 e. The van der Waals surface area contributed by atoms with E-state index in [-0.39, 0.29) is 11.9 Å². The average Bonchev–Trinajstić information content (AvgIpc) is 2.49. The van der Waals surface area contributed by atoms with E-state index in [9.17, 15) is 4.39 Å². The highest BCUT2D eigenvalue weighted by Gasteiger charge is 2.13. The minimum atomic E-state index is -0.359. The SMILES string of the molecule is CCC(Nc1cc(C#N)cc(F)c1C)c1ccc(Br)cc1. The topological polar surface area (TPSA) is 35.8 Å². The molecule has 108 valence electrons. The molecule has 2 nitrogen and oxygen atoms in total. The first-order valence-electron chi connectivity index (χ1n) is 6.77. The summed E-state index contributed by atoms with van der Waals surface area (Å²) in [6.07, 6.45) is 0.861. The molecular weight excluding hydrogens is 331 g/mol. The summed E-state index contributed by atoms with van der Waals surface area (Å²) in [4.78, 5) is 0. The monoisotopic (exact) mass is 346 g/mol. The van der Waals surface area contributed by atoms with E-state index in [1.807, 2.05) is 30.3 Å². The number of halogens is 2. The smallest absolute Gasteiger partial charge is 0.129 e. The Morgan fingerprint density at radius 2 is 1.95 bits per heavy atom. The van der Waals surface area contributed by atoms with Crippen LogP contribution < -0.4 is 5.32 Å². The van der Waals surface area contributed by atoms with E-state index in [1.165, 1.54) is 6.07 Å².